The quantitative estimate of drug-likeness (QED) is 0.716. The average Bonchev–Trinajstić information content (AvgIpc) is 3.09. The van der Waals surface area contributed by atoms with Gasteiger partial charge in [-0.25, -0.2) is 0 Å². The van der Waals surface area contributed by atoms with Crippen molar-refractivity contribution in [1.82, 2.24) is 15.1 Å². The van der Waals surface area contributed by atoms with E-state index in [4.69, 9.17) is 4.42 Å². The van der Waals surface area contributed by atoms with E-state index in [1.807, 2.05) is 44.9 Å². The molecule has 1 amide bonds. The highest BCUT2D eigenvalue weighted by molar-refractivity contribution is 8.00. The van der Waals surface area contributed by atoms with Crippen LogP contribution < -0.4 is 0 Å². The van der Waals surface area contributed by atoms with Gasteiger partial charge in [0, 0.05) is 18.7 Å². The number of carbonyl (C=O) groups is 1. The monoisotopic (exact) mass is 373 g/mol. The van der Waals surface area contributed by atoms with Crippen molar-refractivity contribution in [3.05, 3.63) is 29.3 Å². The van der Waals surface area contributed by atoms with Crippen molar-refractivity contribution >= 4 is 17.7 Å². The normalized spacial score (nSPS) is 16.5. The van der Waals surface area contributed by atoms with Gasteiger partial charge in [0.05, 0.1) is 5.25 Å². The topological polar surface area (TPSA) is 59.2 Å². The van der Waals surface area contributed by atoms with Gasteiger partial charge in [-0.15, -0.1) is 10.2 Å². The molecule has 1 saturated carbocycles. The maximum Gasteiger partial charge on any atom is 0.277 e. The van der Waals surface area contributed by atoms with Gasteiger partial charge < -0.3 is 9.32 Å². The predicted octanol–water partition coefficient (Wildman–Crippen LogP) is 4.63. The summed E-state index contributed by atoms with van der Waals surface area (Å²) in [6.07, 6.45) is 5.93. The van der Waals surface area contributed by atoms with Gasteiger partial charge >= 0.3 is 0 Å². The van der Waals surface area contributed by atoms with Gasteiger partial charge in [0.15, 0.2) is 0 Å². The molecule has 0 aliphatic heterocycles. The Hall–Kier alpha value is -1.82. The molecule has 1 atom stereocenters. The van der Waals surface area contributed by atoms with E-state index in [0.717, 1.165) is 29.5 Å². The molecule has 1 heterocycles. The van der Waals surface area contributed by atoms with Crippen LogP contribution in [0.15, 0.2) is 27.8 Å². The second kappa shape index (κ2) is 8.25. The summed E-state index contributed by atoms with van der Waals surface area (Å²) < 4.78 is 5.80. The van der Waals surface area contributed by atoms with E-state index in [-0.39, 0.29) is 11.2 Å². The van der Waals surface area contributed by atoms with Crippen LogP contribution in [0.1, 0.15) is 50.2 Å². The predicted molar refractivity (Wildman–Crippen MR) is 104 cm³/mol. The Kier molecular flexibility index (Phi) is 6.01. The fraction of sp³-hybridized carbons (Fsp3) is 0.550. The third-order valence-electron chi connectivity index (χ3n) is 4.97. The van der Waals surface area contributed by atoms with Gasteiger partial charge in [0.25, 0.3) is 5.22 Å². The lowest BCUT2D eigenvalue weighted by molar-refractivity contribution is -0.131. The number of thioether (sulfide) groups is 1. The summed E-state index contributed by atoms with van der Waals surface area (Å²) in [4.78, 5) is 14.6. The summed E-state index contributed by atoms with van der Waals surface area (Å²) in [6, 6.07) is 6.53. The first-order valence-corrected chi connectivity index (χ1v) is 10.2. The third kappa shape index (κ3) is 4.47. The molecular weight excluding hydrogens is 346 g/mol. The van der Waals surface area contributed by atoms with Crippen LogP contribution in [0, 0.1) is 13.8 Å². The summed E-state index contributed by atoms with van der Waals surface area (Å²) in [5.74, 6) is 0.632. The molecule has 2 aromatic rings. The maximum atomic E-state index is 12.7. The molecule has 0 spiro atoms. The molecule has 0 saturated heterocycles. The number of aryl methyl sites for hydroxylation is 2. The Balaban J connectivity index is 1.65. The minimum atomic E-state index is -0.241. The number of amides is 1. The molecule has 6 heteroatoms. The average molecular weight is 374 g/mol. The summed E-state index contributed by atoms with van der Waals surface area (Å²) >= 11 is 1.34. The van der Waals surface area contributed by atoms with Crippen LogP contribution in [0.5, 0.6) is 0 Å². The number of rotatable bonds is 5. The van der Waals surface area contributed by atoms with Gasteiger partial charge in [-0.2, -0.15) is 0 Å². The van der Waals surface area contributed by atoms with Crippen LogP contribution in [-0.2, 0) is 4.79 Å². The summed E-state index contributed by atoms with van der Waals surface area (Å²) in [5, 5.41) is 8.48. The molecule has 0 N–H and O–H groups in total. The van der Waals surface area contributed by atoms with E-state index >= 15 is 0 Å². The number of carbonyl (C=O) groups excluding carboxylic acids is 1. The number of hydrogen-bond donors (Lipinski definition) is 0. The van der Waals surface area contributed by atoms with Gasteiger partial charge in [0.1, 0.15) is 0 Å². The summed E-state index contributed by atoms with van der Waals surface area (Å²) in [6.45, 7) is 6.00. The minimum absolute atomic E-state index is 0.132. The lowest BCUT2D eigenvalue weighted by Crippen LogP contribution is -2.42. The first-order valence-electron chi connectivity index (χ1n) is 9.29. The van der Waals surface area contributed by atoms with Gasteiger partial charge in [0.2, 0.25) is 11.8 Å². The molecule has 5 nitrogen and oxygen atoms in total. The number of nitrogens with zero attached hydrogens (tertiary/aromatic N) is 3. The summed E-state index contributed by atoms with van der Waals surface area (Å²) in [5.41, 5.74) is 3.23. The van der Waals surface area contributed by atoms with Crippen molar-refractivity contribution in [1.29, 1.82) is 0 Å². The van der Waals surface area contributed by atoms with E-state index in [1.165, 1.54) is 31.0 Å². The number of aromatic nitrogens is 2. The van der Waals surface area contributed by atoms with Crippen LogP contribution in [0.25, 0.3) is 11.5 Å². The zero-order valence-corrected chi connectivity index (χ0v) is 16.8. The molecule has 3 rings (SSSR count). The van der Waals surface area contributed by atoms with Crippen LogP contribution in [0.3, 0.4) is 0 Å². The van der Waals surface area contributed by atoms with Crippen LogP contribution >= 0.6 is 11.8 Å². The molecule has 1 aromatic carbocycles. The van der Waals surface area contributed by atoms with Crippen LogP contribution in [-0.4, -0.2) is 39.3 Å². The van der Waals surface area contributed by atoms with Crippen molar-refractivity contribution in [2.24, 2.45) is 0 Å². The SMILES string of the molecule is Cc1cc(C)cc(-c2nnc(SC(C)C(=O)N(C)C3CCCCC3)o2)c1. The lowest BCUT2D eigenvalue weighted by Gasteiger charge is -2.32. The van der Waals surface area contributed by atoms with Gasteiger partial charge in [-0.3, -0.25) is 4.79 Å². The van der Waals surface area contributed by atoms with E-state index in [9.17, 15) is 4.79 Å². The van der Waals surface area contributed by atoms with E-state index < -0.39 is 0 Å². The fourth-order valence-corrected chi connectivity index (χ4v) is 4.39. The maximum absolute atomic E-state index is 12.7. The zero-order chi connectivity index (χ0) is 18.7. The highest BCUT2D eigenvalue weighted by Gasteiger charge is 2.27. The molecule has 1 fully saturated rings. The Labute approximate surface area is 159 Å². The Morgan fingerprint density at radius 3 is 2.46 bits per heavy atom. The lowest BCUT2D eigenvalue weighted by atomic mass is 9.94. The first-order chi connectivity index (χ1) is 12.4. The summed E-state index contributed by atoms with van der Waals surface area (Å²) in [7, 11) is 1.92. The fourth-order valence-electron chi connectivity index (χ4n) is 3.61. The highest BCUT2D eigenvalue weighted by atomic mass is 32.2. The molecule has 26 heavy (non-hydrogen) atoms. The Bertz CT molecular complexity index is 748. The van der Waals surface area contributed by atoms with Crippen molar-refractivity contribution in [3.8, 4) is 11.5 Å². The zero-order valence-electron chi connectivity index (χ0n) is 16.0. The van der Waals surface area contributed by atoms with Crippen molar-refractivity contribution < 1.29 is 9.21 Å². The molecule has 1 unspecified atom stereocenters. The van der Waals surface area contributed by atoms with Crippen molar-refractivity contribution in [2.75, 3.05) is 7.05 Å². The Morgan fingerprint density at radius 1 is 1.15 bits per heavy atom. The van der Waals surface area contributed by atoms with Crippen LogP contribution in [0.4, 0.5) is 0 Å². The largest absolute Gasteiger partial charge is 0.411 e. The van der Waals surface area contributed by atoms with E-state index in [2.05, 4.69) is 16.3 Å². The van der Waals surface area contributed by atoms with Crippen molar-refractivity contribution in [3.63, 3.8) is 0 Å². The third-order valence-corrected chi connectivity index (χ3v) is 5.89. The highest BCUT2D eigenvalue weighted by Crippen LogP contribution is 2.29. The number of hydrogen-bond acceptors (Lipinski definition) is 5. The molecule has 1 aliphatic carbocycles. The first kappa shape index (κ1) is 19.0. The van der Waals surface area contributed by atoms with Crippen molar-refractivity contribution in [2.45, 2.75) is 69.4 Å². The molecular formula is C20H27N3O2S. The molecule has 1 aliphatic rings. The molecule has 0 bridgehead atoms. The van der Waals surface area contributed by atoms with Crippen LogP contribution in [0.2, 0.25) is 0 Å². The van der Waals surface area contributed by atoms with E-state index in [1.54, 1.807) is 0 Å². The van der Waals surface area contributed by atoms with Gasteiger partial charge in [-0.05, 0) is 45.7 Å². The minimum Gasteiger partial charge on any atom is -0.411 e. The molecule has 140 valence electrons. The Morgan fingerprint density at radius 2 is 1.81 bits per heavy atom. The van der Waals surface area contributed by atoms with Gasteiger partial charge in [-0.1, -0.05) is 48.2 Å². The second-order valence-corrected chi connectivity index (χ2v) is 8.54. The second-order valence-electron chi connectivity index (χ2n) is 7.25. The smallest absolute Gasteiger partial charge is 0.277 e. The number of benzene rings is 1. The molecule has 1 aromatic heterocycles. The van der Waals surface area contributed by atoms with E-state index in [0.29, 0.717) is 17.2 Å². The standard InChI is InChI=1S/C20H27N3O2S/c1-13-10-14(2)12-16(11-13)18-21-22-20(25-18)26-15(3)19(24)23(4)17-8-6-5-7-9-17/h10-12,15,17H,5-9H2,1-4H3. The molecule has 0 radical (unpaired) electrons.